The first kappa shape index (κ1) is 18.8. The zero-order valence-corrected chi connectivity index (χ0v) is 14.8. The molecular formula is C19H12F5N5. The fourth-order valence-corrected chi connectivity index (χ4v) is 2.93. The molecule has 0 radical (unpaired) electrons. The van der Waals surface area contributed by atoms with Crippen LogP contribution in [0.2, 0.25) is 0 Å². The summed E-state index contributed by atoms with van der Waals surface area (Å²) in [6.07, 6.45) is -0.563. The van der Waals surface area contributed by atoms with Gasteiger partial charge in [-0.1, -0.05) is 0 Å². The molecule has 0 aliphatic heterocycles. The molecule has 5 nitrogen and oxygen atoms in total. The molecule has 29 heavy (non-hydrogen) atoms. The summed E-state index contributed by atoms with van der Waals surface area (Å²) < 4.78 is 66.9. The summed E-state index contributed by atoms with van der Waals surface area (Å²) in [5, 5.41) is 2.86. The average Bonchev–Trinajstić information content (AvgIpc) is 2.98. The predicted octanol–water partition coefficient (Wildman–Crippen LogP) is 5.14. The van der Waals surface area contributed by atoms with Gasteiger partial charge in [0.05, 0.1) is 29.3 Å². The Labute approximate surface area is 160 Å². The van der Waals surface area contributed by atoms with Crippen molar-refractivity contribution in [2.75, 3.05) is 5.32 Å². The number of benzene rings is 1. The van der Waals surface area contributed by atoms with Gasteiger partial charge in [0.15, 0.2) is 11.5 Å². The maximum Gasteiger partial charge on any atom is 0.416 e. The summed E-state index contributed by atoms with van der Waals surface area (Å²) in [6.45, 7) is 1.62. The van der Waals surface area contributed by atoms with E-state index in [9.17, 15) is 22.0 Å². The summed E-state index contributed by atoms with van der Waals surface area (Å²) in [6, 6.07) is 5.15. The van der Waals surface area contributed by atoms with Crippen molar-refractivity contribution < 1.29 is 22.0 Å². The van der Waals surface area contributed by atoms with Gasteiger partial charge in [-0.25, -0.2) is 18.7 Å². The van der Waals surface area contributed by atoms with Crippen molar-refractivity contribution in [1.29, 1.82) is 0 Å². The highest BCUT2D eigenvalue weighted by molar-refractivity contribution is 5.66. The van der Waals surface area contributed by atoms with Crippen LogP contribution >= 0.6 is 0 Å². The van der Waals surface area contributed by atoms with E-state index in [2.05, 4.69) is 20.3 Å². The second kappa shape index (κ2) is 6.80. The lowest BCUT2D eigenvalue weighted by molar-refractivity contribution is -0.137. The van der Waals surface area contributed by atoms with Gasteiger partial charge in [-0.05, 0) is 31.2 Å². The van der Waals surface area contributed by atoms with E-state index < -0.39 is 23.4 Å². The minimum atomic E-state index is -4.43. The third-order valence-electron chi connectivity index (χ3n) is 4.18. The Bertz CT molecular complexity index is 1200. The SMILES string of the molecule is Cc1nc2c(F)cc(F)cn2c1-c1cncc(Nc2ccc(C(F)(F)F)cc2)n1. The first-order chi connectivity index (χ1) is 13.7. The second-order valence-electron chi connectivity index (χ2n) is 6.24. The fourth-order valence-electron chi connectivity index (χ4n) is 2.93. The Hall–Kier alpha value is -3.56. The molecule has 0 unspecified atom stereocenters. The number of hydrogen-bond donors (Lipinski definition) is 1. The Balaban J connectivity index is 1.70. The number of nitrogens with one attached hydrogen (secondary N) is 1. The van der Waals surface area contributed by atoms with Crippen LogP contribution < -0.4 is 5.32 Å². The van der Waals surface area contributed by atoms with Crippen molar-refractivity contribution in [2.24, 2.45) is 0 Å². The third kappa shape index (κ3) is 3.60. The smallest absolute Gasteiger partial charge is 0.339 e. The highest BCUT2D eigenvalue weighted by Crippen LogP contribution is 2.30. The molecule has 0 spiro atoms. The van der Waals surface area contributed by atoms with Crippen molar-refractivity contribution in [3.05, 3.63) is 71.8 Å². The van der Waals surface area contributed by atoms with Gasteiger partial charge < -0.3 is 5.32 Å². The molecule has 0 aliphatic rings. The number of halogens is 5. The summed E-state index contributed by atoms with van der Waals surface area (Å²) in [7, 11) is 0. The molecule has 1 aromatic carbocycles. The minimum absolute atomic E-state index is 0.0539. The molecule has 0 bridgehead atoms. The number of aryl methyl sites for hydroxylation is 1. The van der Waals surface area contributed by atoms with E-state index in [0.29, 0.717) is 17.1 Å². The van der Waals surface area contributed by atoms with Gasteiger partial charge in [0, 0.05) is 18.0 Å². The number of fused-ring (bicyclic) bond motifs is 1. The van der Waals surface area contributed by atoms with E-state index in [4.69, 9.17) is 0 Å². The summed E-state index contributed by atoms with van der Waals surface area (Å²) in [5.41, 5.74) is 0.598. The van der Waals surface area contributed by atoms with Gasteiger partial charge in [0.25, 0.3) is 0 Å². The molecule has 4 rings (SSSR count). The summed E-state index contributed by atoms with van der Waals surface area (Å²) in [4.78, 5) is 12.5. The third-order valence-corrected chi connectivity index (χ3v) is 4.18. The maximum absolute atomic E-state index is 14.0. The molecule has 10 heteroatoms. The van der Waals surface area contributed by atoms with Crippen LogP contribution in [0.3, 0.4) is 0 Å². The number of alkyl halides is 3. The average molecular weight is 405 g/mol. The Morgan fingerprint density at radius 3 is 2.41 bits per heavy atom. The molecule has 0 aliphatic carbocycles. The number of hydrogen-bond acceptors (Lipinski definition) is 4. The molecule has 0 atom stereocenters. The van der Waals surface area contributed by atoms with Crippen LogP contribution in [-0.2, 0) is 6.18 Å². The largest absolute Gasteiger partial charge is 0.416 e. The van der Waals surface area contributed by atoms with Crippen LogP contribution in [0.5, 0.6) is 0 Å². The van der Waals surface area contributed by atoms with Crippen LogP contribution in [0, 0.1) is 18.6 Å². The normalized spacial score (nSPS) is 11.8. The van der Waals surface area contributed by atoms with Gasteiger partial charge in [-0.15, -0.1) is 0 Å². The molecule has 1 N–H and O–H groups in total. The number of pyridine rings is 1. The monoisotopic (exact) mass is 405 g/mol. The number of imidazole rings is 1. The van der Waals surface area contributed by atoms with Crippen LogP contribution in [0.15, 0.2) is 48.9 Å². The van der Waals surface area contributed by atoms with E-state index in [1.54, 1.807) is 6.92 Å². The molecule has 0 fully saturated rings. The van der Waals surface area contributed by atoms with Crippen molar-refractivity contribution in [3.63, 3.8) is 0 Å². The highest BCUT2D eigenvalue weighted by Gasteiger charge is 2.30. The predicted molar refractivity (Wildman–Crippen MR) is 95.6 cm³/mol. The maximum atomic E-state index is 14.0. The first-order valence-electron chi connectivity index (χ1n) is 8.33. The zero-order valence-electron chi connectivity index (χ0n) is 14.8. The number of anilines is 2. The molecule has 4 aromatic rings. The van der Waals surface area contributed by atoms with Crippen molar-refractivity contribution >= 4 is 17.2 Å². The van der Waals surface area contributed by atoms with Gasteiger partial charge >= 0.3 is 6.18 Å². The number of aromatic nitrogens is 4. The number of nitrogens with zero attached hydrogens (tertiary/aromatic N) is 4. The lowest BCUT2D eigenvalue weighted by Crippen LogP contribution is -2.04. The second-order valence-corrected chi connectivity index (χ2v) is 6.24. The molecule has 148 valence electrons. The zero-order chi connectivity index (χ0) is 20.8. The van der Waals surface area contributed by atoms with E-state index >= 15 is 0 Å². The molecule has 0 saturated carbocycles. The molecule has 3 heterocycles. The molecule has 0 saturated heterocycles. The van der Waals surface area contributed by atoms with Crippen molar-refractivity contribution in [3.8, 4) is 11.4 Å². The van der Waals surface area contributed by atoms with E-state index in [1.165, 1.54) is 28.9 Å². The van der Waals surface area contributed by atoms with Gasteiger partial charge in [-0.3, -0.25) is 9.38 Å². The molecular weight excluding hydrogens is 393 g/mol. The lowest BCUT2D eigenvalue weighted by Gasteiger charge is -2.10. The summed E-state index contributed by atoms with van der Waals surface area (Å²) in [5.74, 6) is -1.35. The molecule has 0 amide bonds. The summed E-state index contributed by atoms with van der Waals surface area (Å²) >= 11 is 0. The number of rotatable bonds is 3. The molecule has 3 aromatic heterocycles. The van der Waals surface area contributed by atoms with Gasteiger partial charge in [-0.2, -0.15) is 13.2 Å². The van der Waals surface area contributed by atoms with Crippen LogP contribution in [0.4, 0.5) is 33.5 Å². The standard InChI is InChI=1S/C19H12F5N5/c1-10-17(29-9-12(20)6-14(21)18(29)26-10)15-7-25-8-16(28-15)27-13-4-2-11(3-5-13)19(22,23)24/h2-9H,1H3,(H,27,28). The van der Waals surface area contributed by atoms with Crippen LogP contribution in [-0.4, -0.2) is 19.4 Å². The van der Waals surface area contributed by atoms with Gasteiger partial charge in [0.1, 0.15) is 17.3 Å². The quantitative estimate of drug-likeness (QED) is 0.480. The Kier molecular flexibility index (Phi) is 4.40. The van der Waals surface area contributed by atoms with E-state index in [0.717, 1.165) is 24.4 Å². The highest BCUT2D eigenvalue weighted by atomic mass is 19.4. The minimum Gasteiger partial charge on any atom is -0.339 e. The lowest BCUT2D eigenvalue weighted by atomic mass is 10.2. The van der Waals surface area contributed by atoms with Crippen molar-refractivity contribution in [1.82, 2.24) is 19.4 Å². The van der Waals surface area contributed by atoms with Crippen molar-refractivity contribution in [2.45, 2.75) is 13.1 Å². The Morgan fingerprint density at radius 2 is 1.72 bits per heavy atom. The van der Waals surface area contributed by atoms with Crippen LogP contribution in [0.1, 0.15) is 11.3 Å². The topological polar surface area (TPSA) is 55.1 Å². The van der Waals surface area contributed by atoms with Gasteiger partial charge in [0.2, 0.25) is 0 Å². The van der Waals surface area contributed by atoms with E-state index in [-0.39, 0.29) is 17.2 Å². The fraction of sp³-hybridized carbons (Fsp3) is 0.105. The first-order valence-corrected chi connectivity index (χ1v) is 8.33. The van der Waals surface area contributed by atoms with E-state index in [1.807, 2.05) is 0 Å². The van der Waals surface area contributed by atoms with Crippen LogP contribution in [0.25, 0.3) is 17.0 Å². The Morgan fingerprint density at radius 1 is 1.00 bits per heavy atom.